The highest BCUT2D eigenvalue weighted by Gasteiger charge is 2.41. The van der Waals surface area contributed by atoms with Crippen molar-refractivity contribution >= 4 is 5.91 Å². The van der Waals surface area contributed by atoms with Crippen molar-refractivity contribution in [2.45, 2.75) is 38.3 Å². The third kappa shape index (κ3) is 4.02. The smallest absolute Gasteiger partial charge is 0.256 e. The maximum Gasteiger partial charge on any atom is 0.256 e. The first kappa shape index (κ1) is 15.9. The molecule has 1 unspecified atom stereocenters. The van der Waals surface area contributed by atoms with Crippen LogP contribution in [0.4, 0.5) is 4.39 Å². The van der Waals surface area contributed by atoms with Crippen molar-refractivity contribution in [3.63, 3.8) is 0 Å². The van der Waals surface area contributed by atoms with E-state index in [1.165, 1.54) is 12.1 Å². The van der Waals surface area contributed by atoms with Crippen LogP contribution in [0.2, 0.25) is 0 Å². The van der Waals surface area contributed by atoms with Gasteiger partial charge in [0.05, 0.1) is 0 Å². The van der Waals surface area contributed by atoms with Gasteiger partial charge in [-0.2, -0.15) is 0 Å². The van der Waals surface area contributed by atoms with Crippen molar-refractivity contribution in [1.82, 2.24) is 10.2 Å². The average molecular weight is 294 g/mol. The molecular formula is C16H23FN2O2. The van der Waals surface area contributed by atoms with E-state index in [0.717, 1.165) is 24.9 Å². The van der Waals surface area contributed by atoms with E-state index < -0.39 is 5.60 Å². The van der Waals surface area contributed by atoms with Gasteiger partial charge in [0.15, 0.2) is 5.60 Å². The number of benzene rings is 1. The summed E-state index contributed by atoms with van der Waals surface area (Å²) in [5.41, 5.74) is -0.441. The highest BCUT2D eigenvalue weighted by atomic mass is 19.1. The molecule has 5 heteroatoms. The molecule has 0 bridgehead atoms. The van der Waals surface area contributed by atoms with Gasteiger partial charge < -0.3 is 15.3 Å². The molecule has 1 atom stereocenters. The second kappa shape index (κ2) is 7.00. The number of hydrogen-bond donors (Lipinski definition) is 2. The van der Waals surface area contributed by atoms with Gasteiger partial charge in [0.1, 0.15) is 5.82 Å². The molecule has 1 aromatic rings. The fourth-order valence-electron chi connectivity index (χ4n) is 2.66. The molecule has 21 heavy (non-hydrogen) atoms. The lowest BCUT2D eigenvalue weighted by atomic mass is 9.91. The molecule has 1 amide bonds. The Morgan fingerprint density at radius 3 is 2.76 bits per heavy atom. The van der Waals surface area contributed by atoms with Crippen LogP contribution in [0, 0.1) is 5.82 Å². The first-order chi connectivity index (χ1) is 10.0. The van der Waals surface area contributed by atoms with Gasteiger partial charge in [0, 0.05) is 19.6 Å². The van der Waals surface area contributed by atoms with E-state index in [-0.39, 0.29) is 11.7 Å². The van der Waals surface area contributed by atoms with E-state index in [1.807, 2.05) is 6.92 Å². The normalized spacial score (nSPS) is 22.6. The van der Waals surface area contributed by atoms with Gasteiger partial charge in [-0.15, -0.1) is 0 Å². The summed E-state index contributed by atoms with van der Waals surface area (Å²) >= 11 is 0. The Labute approximate surface area is 125 Å². The zero-order chi connectivity index (χ0) is 15.3. The summed E-state index contributed by atoms with van der Waals surface area (Å²) in [5.74, 6) is -0.523. The first-order valence-electron chi connectivity index (χ1n) is 7.52. The number of carbonyl (C=O) groups is 1. The topological polar surface area (TPSA) is 52.6 Å². The Hall–Kier alpha value is -1.46. The fourth-order valence-corrected chi connectivity index (χ4v) is 2.66. The monoisotopic (exact) mass is 294 g/mol. The molecule has 1 aliphatic heterocycles. The molecule has 1 heterocycles. The summed E-state index contributed by atoms with van der Waals surface area (Å²) in [6.45, 7) is 4.16. The van der Waals surface area contributed by atoms with Crippen LogP contribution in [-0.4, -0.2) is 41.1 Å². The molecule has 0 aliphatic carbocycles. The van der Waals surface area contributed by atoms with E-state index >= 15 is 0 Å². The van der Waals surface area contributed by atoms with Crippen LogP contribution < -0.4 is 5.32 Å². The van der Waals surface area contributed by atoms with Gasteiger partial charge in [-0.3, -0.25) is 4.79 Å². The zero-order valence-electron chi connectivity index (χ0n) is 12.4. The van der Waals surface area contributed by atoms with Gasteiger partial charge in [-0.25, -0.2) is 4.39 Å². The second-order valence-electron chi connectivity index (χ2n) is 5.67. The number of likely N-dealkylation sites (tertiary alicyclic amines) is 1. The SMILES string of the molecule is CCCNCC1(O)CCCN(Cc2ccc(F)cc2)C1=O. The summed E-state index contributed by atoms with van der Waals surface area (Å²) in [6.07, 6.45) is 2.23. The summed E-state index contributed by atoms with van der Waals surface area (Å²) < 4.78 is 12.9. The van der Waals surface area contributed by atoms with Crippen LogP contribution in [0.1, 0.15) is 31.7 Å². The standard InChI is InChI=1S/C16H23FN2O2/c1-2-9-18-12-16(21)8-3-10-19(15(16)20)11-13-4-6-14(17)7-5-13/h4-7,18,21H,2-3,8-12H2,1H3. The molecule has 1 fully saturated rings. The Kier molecular flexibility index (Phi) is 5.31. The fraction of sp³-hybridized carbons (Fsp3) is 0.562. The number of hydrogen-bond acceptors (Lipinski definition) is 3. The third-order valence-corrected chi connectivity index (χ3v) is 3.83. The number of piperidine rings is 1. The lowest BCUT2D eigenvalue weighted by Gasteiger charge is -2.38. The van der Waals surface area contributed by atoms with Crippen molar-refractivity contribution in [3.05, 3.63) is 35.6 Å². The van der Waals surface area contributed by atoms with Gasteiger partial charge in [0.2, 0.25) is 0 Å². The molecule has 0 aromatic heterocycles. The Balaban J connectivity index is 2.00. The summed E-state index contributed by atoms with van der Waals surface area (Å²) in [6, 6.07) is 6.12. The number of halogens is 1. The summed E-state index contributed by atoms with van der Waals surface area (Å²) in [4.78, 5) is 14.1. The molecule has 1 aromatic carbocycles. The molecular weight excluding hydrogens is 271 g/mol. The van der Waals surface area contributed by atoms with Crippen molar-refractivity contribution in [2.24, 2.45) is 0 Å². The molecule has 0 saturated carbocycles. The first-order valence-corrected chi connectivity index (χ1v) is 7.52. The zero-order valence-corrected chi connectivity index (χ0v) is 12.4. The molecule has 1 aliphatic rings. The minimum absolute atomic E-state index is 0.235. The Morgan fingerprint density at radius 2 is 2.10 bits per heavy atom. The van der Waals surface area contributed by atoms with Crippen LogP contribution in [0.5, 0.6) is 0 Å². The molecule has 1 saturated heterocycles. The number of carbonyl (C=O) groups excluding carboxylic acids is 1. The van der Waals surface area contributed by atoms with Crippen LogP contribution >= 0.6 is 0 Å². The van der Waals surface area contributed by atoms with E-state index in [1.54, 1.807) is 17.0 Å². The summed E-state index contributed by atoms with van der Waals surface area (Å²) in [7, 11) is 0. The third-order valence-electron chi connectivity index (χ3n) is 3.83. The van der Waals surface area contributed by atoms with Crippen LogP contribution in [0.25, 0.3) is 0 Å². The number of nitrogens with one attached hydrogen (secondary N) is 1. The van der Waals surface area contributed by atoms with Gasteiger partial charge in [0.25, 0.3) is 5.91 Å². The van der Waals surface area contributed by atoms with Crippen LogP contribution in [0.15, 0.2) is 24.3 Å². The summed E-state index contributed by atoms with van der Waals surface area (Å²) in [5, 5.41) is 13.7. The largest absolute Gasteiger partial charge is 0.379 e. The molecule has 0 radical (unpaired) electrons. The Bertz CT molecular complexity index is 478. The van der Waals surface area contributed by atoms with E-state index in [0.29, 0.717) is 26.1 Å². The maximum atomic E-state index is 12.9. The van der Waals surface area contributed by atoms with Gasteiger partial charge in [-0.1, -0.05) is 19.1 Å². The Morgan fingerprint density at radius 1 is 1.38 bits per heavy atom. The van der Waals surface area contributed by atoms with E-state index in [9.17, 15) is 14.3 Å². The second-order valence-corrected chi connectivity index (χ2v) is 5.67. The molecule has 2 N–H and O–H groups in total. The number of amides is 1. The minimum Gasteiger partial charge on any atom is -0.379 e. The molecule has 2 rings (SSSR count). The number of nitrogens with zero attached hydrogens (tertiary/aromatic N) is 1. The minimum atomic E-state index is -1.31. The quantitative estimate of drug-likeness (QED) is 0.785. The number of rotatable bonds is 6. The van der Waals surface area contributed by atoms with Crippen molar-refractivity contribution < 1.29 is 14.3 Å². The van der Waals surface area contributed by atoms with E-state index in [4.69, 9.17) is 0 Å². The number of aliphatic hydroxyl groups is 1. The molecule has 0 spiro atoms. The van der Waals surface area contributed by atoms with Crippen molar-refractivity contribution in [1.29, 1.82) is 0 Å². The molecule has 4 nitrogen and oxygen atoms in total. The lowest BCUT2D eigenvalue weighted by molar-refractivity contribution is -0.157. The maximum absolute atomic E-state index is 12.9. The molecule has 116 valence electrons. The highest BCUT2D eigenvalue weighted by Crippen LogP contribution is 2.23. The van der Waals surface area contributed by atoms with Gasteiger partial charge in [-0.05, 0) is 43.5 Å². The van der Waals surface area contributed by atoms with Gasteiger partial charge >= 0.3 is 0 Å². The predicted molar refractivity (Wildman–Crippen MR) is 79.2 cm³/mol. The van der Waals surface area contributed by atoms with Crippen LogP contribution in [-0.2, 0) is 11.3 Å². The average Bonchev–Trinajstić information content (AvgIpc) is 2.47. The van der Waals surface area contributed by atoms with Crippen molar-refractivity contribution in [2.75, 3.05) is 19.6 Å². The van der Waals surface area contributed by atoms with Crippen molar-refractivity contribution in [3.8, 4) is 0 Å². The van der Waals surface area contributed by atoms with Crippen LogP contribution in [0.3, 0.4) is 0 Å². The van der Waals surface area contributed by atoms with E-state index in [2.05, 4.69) is 5.32 Å². The lowest BCUT2D eigenvalue weighted by Crippen LogP contribution is -2.57. The predicted octanol–water partition coefficient (Wildman–Crippen LogP) is 1.68. The highest BCUT2D eigenvalue weighted by molar-refractivity contribution is 5.86.